The van der Waals surface area contributed by atoms with Crippen molar-refractivity contribution < 1.29 is 38.7 Å². The molecule has 0 aromatic rings. The van der Waals surface area contributed by atoms with Crippen LogP contribution < -0.4 is 0 Å². The van der Waals surface area contributed by atoms with Gasteiger partial charge in [0.15, 0.2) is 5.79 Å². The second kappa shape index (κ2) is 7.93. The number of esters is 1. The fourth-order valence-corrected chi connectivity index (χ4v) is 4.93. The lowest BCUT2D eigenvalue weighted by Crippen LogP contribution is -2.62. The Labute approximate surface area is 159 Å². The third-order valence-electron chi connectivity index (χ3n) is 6.30. The average Bonchev–Trinajstić information content (AvgIpc) is 3.06. The van der Waals surface area contributed by atoms with Crippen LogP contribution in [0.2, 0.25) is 0 Å². The third-order valence-corrected chi connectivity index (χ3v) is 6.30. The molecule has 3 heterocycles. The summed E-state index contributed by atoms with van der Waals surface area (Å²) in [5.74, 6) is -0.953. The van der Waals surface area contributed by atoms with E-state index in [1.54, 1.807) is 0 Å². The highest BCUT2D eigenvalue weighted by molar-refractivity contribution is 5.69. The summed E-state index contributed by atoms with van der Waals surface area (Å²) in [5.41, 5.74) is 0. The monoisotopic (exact) mass is 386 g/mol. The molecule has 0 aromatic heterocycles. The van der Waals surface area contributed by atoms with E-state index in [0.717, 1.165) is 32.1 Å². The summed E-state index contributed by atoms with van der Waals surface area (Å²) in [6.07, 6.45) is 3.00. The smallest absolute Gasteiger partial charge is 0.308 e. The number of carbonyl (C=O) groups is 1. The first kappa shape index (κ1) is 19.5. The Bertz CT molecular complexity index is 534. The SMILES string of the molecule is COC(=O)CC1CCC2O[C@@H]([C@H](O)CO)C3OC4(CCCCC4)OC3C2O1. The van der Waals surface area contributed by atoms with Crippen LogP contribution in [-0.2, 0) is 28.5 Å². The highest BCUT2D eigenvalue weighted by Crippen LogP contribution is 2.47. The molecule has 154 valence electrons. The van der Waals surface area contributed by atoms with Gasteiger partial charge in [-0.15, -0.1) is 0 Å². The van der Waals surface area contributed by atoms with Gasteiger partial charge in [-0.2, -0.15) is 0 Å². The number of aliphatic hydroxyl groups excluding tert-OH is 2. The van der Waals surface area contributed by atoms with Gasteiger partial charge in [0.25, 0.3) is 0 Å². The zero-order valence-electron chi connectivity index (χ0n) is 15.7. The van der Waals surface area contributed by atoms with E-state index in [1.165, 1.54) is 7.11 Å². The molecule has 8 nitrogen and oxygen atoms in total. The maximum Gasteiger partial charge on any atom is 0.308 e. The molecule has 0 amide bonds. The molecule has 2 N–H and O–H groups in total. The zero-order chi connectivity index (χ0) is 19.0. The van der Waals surface area contributed by atoms with Crippen LogP contribution in [0.1, 0.15) is 51.4 Å². The van der Waals surface area contributed by atoms with Crippen LogP contribution >= 0.6 is 0 Å². The van der Waals surface area contributed by atoms with E-state index in [-0.39, 0.29) is 36.8 Å². The van der Waals surface area contributed by atoms with E-state index in [2.05, 4.69) is 0 Å². The summed E-state index contributed by atoms with van der Waals surface area (Å²) in [6.45, 7) is -0.395. The lowest BCUT2D eigenvalue weighted by molar-refractivity contribution is -0.256. The van der Waals surface area contributed by atoms with Gasteiger partial charge in [-0.1, -0.05) is 6.42 Å². The summed E-state index contributed by atoms with van der Waals surface area (Å²) in [5, 5.41) is 19.8. The van der Waals surface area contributed by atoms with Crippen LogP contribution in [0, 0.1) is 0 Å². The number of hydrogen-bond donors (Lipinski definition) is 2. The number of carbonyl (C=O) groups excluding carboxylic acids is 1. The van der Waals surface area contributed by atoms with Gasteiger partial charge in [0.1, 0.15) is 30.5 Å². The van der Waals surface area contributed by atoms with Gasteiger partial charge in [-0.3, -0.25) is 4.79 Å². The fraction of sp³-hybridized carbons (Fsp3) is 0.947. The molecular weight excluding hydrogens is 356 g/mol. The van der Waals surface area contributed by atoms with Crippen molar-refractivity contribution in [3.05, 3.63) is 0 Å². The topological polar surface area (TPSA) is 104 Å². The molecule has 1 aliphatic carbocycles. The average molecular weight is 386 g/mol. The Hall–Kier alpha value is -0.770. The Morgan fingerprint density at radius 3 is 2.56 bits per heavy atom. The van der Waals surface area contributed by atoms with Gasteiger partial charge in [-0.05, 0) is 25.7 Å². The van der Waals surface area contributed by atoms with E-state index >= 15 is 0 Å². The van der Waals surface area contributed by atoms with Gasteiger partial charge in [-0.25, -0.2) is 0 Å². The zero-order valence-corrected chi connectivity index (χ0v) is 15.7. The molecule has 0 aromatic carbocycles. The summed E-state index contributed by atoms with van der Waals surface area (Å²) in [4.78, 5) is 11.6. The quantitative estimate of drug-likeness (QED) is 0.680. The van der Waals surface area contributed by atoms with Crippen molar-refractivity contribution in [1.82, 2.24) is 0 Å². The minimum absolute atomic E-state index is 0.200. The predicted molar refractivity (Wildman–Crippen MR) is 91.8 cm³/mol. The van der Waals surface area contributed by atoms with Gasteiger partial charge in [0.05, 0.1) is 32.3 Å². The Kier molecular flexibility index (Phi) is 5.74. The number of rotatable bonds is 4. The molecule has 8 heteroatoms. The molecule has 4 aliphatic rings. The summed E-state index contributed by atoms with van der Waals surface area (Å²) < 4.78 is 29.8. The van der Waals surface area contributed by atoms with E-state index in [1.807, 2.05) is 0 Å². The van der Waals surface area contributed by atoms with Crippen molar-refractivity contribution in [2.75, 3.05) is 13.7 Å². The van der Waals surface area contributed by atoms with Crippen molar-refractivity contribution in [3.8, 4) is 0 Å². The summed E-state index contributed by atoms with van der Waals surface area (Å²) >= 11 is 0. The molecule has 1 saturated carbocycles. The molecule has 1 spiro atoms. The standard InChI is InChI=1S/C19H30O8/c1-23-14(22)9-11-5-6-13-16(24-11)18-17(15(25-13)12(21)10-20)26-19(27-18)7-3-2-4-8-19/h11-13,15-18,20-21H,2-10H2,1H3/t11?,12-,13?,15+,16?,17?,18?/m1/s1. The van der Waals surface area contributed by atoms with Crippen LogP contribution in [0.5, 0.6) is 0 Å². The predicted octanol–water partition coefficient (Wildman–Crippen LogP) is 0.662. The van der Waals surface area contributed by atoms with E-state index in [9.17, 15) is 15.0 Å². The molecule has 3 saturated heterocycles. The van der Waals surface area contributed by atoms with Gasteiger partial charge >= 0.3 is 5.97 Å². The largest absolute Gasteiger partial charge is 0.469 e. The molecule has 5 unspecified atom stereocenters. The van der Waals surface area contributed by atoms with Crippen LogP contribution in [0.25, 0.3) is 0 Å². The first-order chi connectivity index (χ1) is 13.0. The first-order valence-electron chi connectivity index (χ1n) is 10.1. The molecule has 3 aliphatic heterocycles. The van der Waals surface area contributed by atoms with Crippen molar-refractivity contribution in [1.29, 1.82) is 0 Å². The van der Waals surface area contributed by atoms with Crippen LogP contribution in [0.4, 0.5) is 0 Å². The molecule has 4 rings (SSSR count). The maximum atomic E-state index is 11.6. The van der Waals surface area contributed by atoms with Crippen LogP contribution in [-0.4, -0.2) is 78.4 Å². The fourth-order valence-electron chi connectivity index (χ4n) is 4.93. The maximum absolute atomic E-state index is 11.6. The van der Waals surface area contributed by atoms with E-state index < -0.39 is 30.7 Å². The number of hydrogen-bond acceptors (Lipinski definition) is 8. The Morgan fingerprint density at radius 1 is 1.11 bits per heavy atom. The van der Waals surface area contributed by atoms with Gasteiger partial charge in [0.2, 0.25) is 0 Å². The minimum Gasteiger partial charge on any atom is -0.469 e. The first-order valence-corrected chi connectivity index (χ1v) is 10.1. The number of fused-ring (bicyclic) bond motifs is 3. The van der Waals surface area contributed by atoms with Crippen molar-refractivity contribution >= 4 is 5.97 Å². The lowest BCUT2D eigenvalue weighted by atomic mass is 9.87. The highest BCUT2D eigenvalue weighted by Gasteiger charge is 2.60. The molecule has 27 heavy (non-hydrogen) atoms. The van der Waals surface area contributed by atoms with E-state index in [0.29, 0.717) is 12.8 Å². The lowest BCUT2D eigenvalue weighted by Gasteiger charge is -2.47. The van der Waals surface area contributed by atoms with Crippen molar-refractivity contribution in [2.24, 2.45) is 0 Å². The summed E-state index contributed by atoms with van der Waals surface area (Å²) in [6, 6.07) is 0. The molecule has 4 fully saturated rings. The molecule has 7 atom stereocenters. The Balaban J connectivity index is 1.54. The molecular formula is C19H30O8. The number of aliphatic hydroxyl groups is 2. The summed E-state index contributed by atoms with van der Waals surface area (Å²) in [7, 11) is 1.37. The Morgan fingerprint density at radius 2 is 1.85 bits per heavy atom. The second-order valence-electron chi connectivity index (χ2n) is 8.11. The normalized spacial score (nSPS) is 41.6. The minimum atomic E-state index is -1.03. The number of ether oxygens (including phenoxy) is 5. The second-order valence-corrected chi connectivity index (χ2v) is 8.11. The van der Waals surface area contributed by atoms with Gasteiger partial charge < -0.3 is 33.9 Å². The van der Waals surface area contributed by atoms with Crippen molar-refractivity contribution in [2.45, 2.75) is 99.9 Å². The van der Waals surface area contributed by atoms with Crippen LogP contribution in [0.3, 0.4) is 0 Å². The van der Waals surface area contributed by atoms with E-state index in [4.69, 9.17) is 23.7 Å². The highest BCUT2D eigenvalue weighted by atomic mass is 16.8. The van der Waals surface area contributed by atoms with Crippen LogP contribution in [0.15, 0.2) is 0 Å². The van der Waals surface area contributed by atoms with Gasteiger partial charge in [0, 0.05) is 12.8 Å². The number of methoxy groups -OCH3 is 1. The molecule has 0 bridgehead atoms. The third kappa shape index (κ3) is 3.75. The molecule has 0 radical (unpaired) electrons. The van der Waals surface area contributed by atoms with Crippen molar-refractivity contribution in [3.63, 3.8) is 0 Å².